The predicted molar refractivity (Wildman–Crippen MR) is 56.6 cm³/mol. The van der Waals surface area contributed by atoms with Gasteiger partial charge in [0, 0.05) is 12.5 Å². The maximum Gasteiger partial charge on any atom is 0.307 e. The molecule has 0 bridgehead atoms. The topological polar surface area (TPSA) is 72.2 Å². The van der Waals surface area contributed by atoms with E-state index in [0.29, 0.717) is 18.6 Å². The minimum absolute atomic E-state index is 0.165. The Hall–Kier alpha value is -2.05. The minimum Gasteiger partial charge on any atom is -0.324 e. The Balaban J connectivity index is 2.99. The Labute approximate surface area is 95.6 Å². The average molecular weight is 244 g/mol. The highest BCUT2D eigenvalue weighted by molar-refractivity contribution is 5.90. The van der Waals surface area contributed by atoms with Crippen molar-refractivity contribution in [2.24, 2.45) is 0 Å². The molecule has 0 saturated heterocycles. The van der Waals surface area contributed by atoms with E-state index in [4.69, 9.17) is 0 Å². The summed E-state index contributed by atoms with van der Waals surface area (Å²) in [6, 6.07) is 1.04. The third-order valence-corrected chi connectivity index (χ3v) is 1.98. The summed E-state index contributed by atoms with van der Waals surface area (Å²) in [5, 5.41) is 12.5. The molecule has 0 aliphatic carbocycles. The Morgan fingerprint density at radius 2 is 2.06 bits per heavy atom. The molecule has 0 aliphatic rings. The van der Waals surface area contributed by atoms with E-state index in [0.717, 1.165) is 0 Å². The first-order chi connectivity index (χ1) is 7.95. The van der Waals surface area contributed by atoms with Gasteiger partial charge in [-0.25, -0.2) is 4.39 Å². The largest absolute Gasteiger partial charge is 0.324 e. The van der Waals surface area contributed by atoms with Gasteiger partial charge < -0.3 is 5.32 Å². The Kier molecular flexibility index (Phi) is 4.08. The Morgan fingerprint density at radius 3 is 2.59 bits per heavy atom. The predicted octanol–water partition coefficient (Wildman–Crippen LogP) is 2.61. The van der Waals surface area contributed by atoms with E-state index in [1.165, 1.54) is 0 Å². The van der Waals surface area contributed by atoms with E-state index in [9.17, 15) is 23.7 Å². The van der Waals surface area contributed by atoms with Crippen molar-refractivity contribution in [3.05, 3.63) is 33.9 Å². The van der Waals surface area contributed by atoms with E-state index in [-0.39, 0.29) is 6.42 Å². The molecule has 0 atom stereocenters. The van der Waals surface area contributed by atoms with Crippen LogP contribution >= 0.6 is 0 Å². The van der Waals surface area contributed by atoms with Gasteiger partial charge in [-0.1, -0.05) is 6.92 Å². The Morgan fingerprint density at radius 1 is 1.41 bits per heavy atom. The summed E-state index contributed by atoms with van der Waals surface area (Å²) in [4.78, 5) is 20.5. The number of rotatable bonds is 4. The minimum atomic E-state index is -1.19. The van der Waals surface area contributed by atoms with Crippen molar-refractivity contribution in [1.29, 1.82) is 0 Å². The molecule has 7 heteroatoms. The van der Waals surface area contributed by atoms with E-state index >= 15 is 0 Å². The summed E-state index contributed by atoms with van der Waals surface area (Å²) in [5.41, 5.74) is -1.36. The number of benzene rings is 1. The maximum absolute atomic E-state index is 13.3. The fraction of sp³-hybridized carbons (Fsp3) is 0.300. The number of hydrogen-bond donors (Lipinski definition) is 1. The number of carbonyl (C=O) groups is 1. The van der Waals surface area contributed by atoms with Crippen LogP contribution in [0.5, 0.6) is 0 Å². The second kappa shape index (κ2) is 5.33. The molecule has 1 aromatic rings. The van der Waals surface area contributed by atoms with Crippen LogP contribution in [0.15, 0.2) is 12.1 Å². The van der Waals surface area contributed by atoms with Gasteiger partial charge in [0.15, 0.2) is 5.82 Å². The van der Waals surface area contributed by atoms with Gasteiger partial charge >= 0.3 is 5.69 Å². The van der Waals surface area contributed by atoms with Gasteiger partial charge in [0.1, 0.15) is 0 Å². The van der Waals surface area contributed by atoms with Crippen LogP contribution in [0.1, 0.15) is 19.8 Å². The molecule has 5 nitrogen and oxygen atoms in total. The molecule has 92 valence electrons. The molecule has 0 aromatic heterocycles. The molecular weight excluding hydrogens is 234 g/mol. The van der Waals surface area contributed by atoms with Gasteiger partial charge in [0.2, 0.25) is 11.7 Å². The number of anilines is 1. The van der Waals surface area contributed by atoms with E-state index in [2.05, 4.69) is 5.32 Å². The number of amides is 1. The van der Waals surface area contributed by atoms with Crippen LogP contribution in [0.25, 0.3) is 0 Å². The van der Waals surface area contributed by atoms with Gasteiger partial charge in [-0.3, -0.25) is 14.9 Å². The van der Waals surface area contributed by atoms with Crippen molar-refractivity contribution < 1.29 is 18.5 Å². The zero-order valence-electron chi connectivity index (χ0n) is 9.00. The highest BCUT2D eigenvalue weighted by atomic mass is 19.1. The molecule has 0 fully saturated rings. The first-order valence-corrected chi connectivity index (χ1v) is 4.89. The van der Waals surface area contributed by atoms with Crippen molar-refractivity contribution >= 4 is 17.3 Å². The first kappa shape index (κ1) is 13.0. The lowest BCUT2D eigenvalue weighted by atomic mass is 10.2. The zero-order chi connectivity index (χ0) is 13.0. The highest BCUT2D eigenvalue weighted by Gasteiger charge is 2.19. The SMILES string of the molecule is CCCC(=O)Nc1cc(F)c([N+](=O)[O-])cc1F. The molecule has 0 radical (unpaired) electrons. The highest BCUT2D eigenvalue weighted by Crippen LogP contribution is 2.24. The fourth-order valence-corrected chi connectivity index (χ4v) is 1.21. The normalized spacial score (nSPS) is 10.1. The summed E-state index contributed by atoms with van der Waals surface area (Å²) >= 11 is 0. The van der Waals surface area contributed by atoms with Gasteiger partial charge in [0.25, 0.3) is 0 Å². The summed E-state index contributed by atoms with van der Waals surface area (Å²) < 4.78 is 26.5. The van der Waals surface area contributed by atoms with Crippen molar-refractivity contribution in [2.75, 3.05) is 5.32 Å². The quantitative estimate of drug-likeness (QED) is 0.653. The van der Waals surface area contributed by atoms with Crippen LogP contribution in [-0.4, -0.2) is 10.8 Å². The lowest BCUT2D eigenvalue weighted by molar-refractivity contribution is -0.387. The maximum atomic E-state index is 13.3. The van der Waals surface area contributed by atoms with E-state index in [1.54, 1.807) is 6.92 Å². The second-order valence-corrected chi connectivity index (χ2v) is 3.34. The molecule has 17 heavy (non-hydrogen) atoms. The van der Waals surface area contributed by atoms with Crippen molar-refractivity contribution in [3.8, 4) is 0 Å². The molecule has 1 N–H and O–H groups in total. The summed E-state index contributed by atoms with van der Waals surface area (Å²) in [5.74, 6) is -2.70. The monoisotopic (exact) mass is 244 g/mol. The summed E-state index contributed by atoms with van der Waals surface area (Å²) in [6.45, 7) is 1.76. The van der Waals surface area contributed by atoms with Crippen LogP contribution < -0.4 is 5.32 Å². The molecule has 0 unspecified atom stereocenters. The first-order valence-electron chi connectivity index (χ1n) is 4.89. The molecule has 0 saturated carbocycles. The zero-order valence-corrected chi connectivity index (χ0v) is 9.00. The van der Waals surface area contributed by atoms with E-state index < -0.39 is 33.8 Å². The van der Waals surface area contributed by atoms with Crippen LogP contribution in [0.4, 0.5) is 20.2 Å². The molecular formula is C10H10F2N2O3. The van der Waals surface area contributed by atoms with Crippen LogP contribution in [0.3, 0.4) is 0 Å². The number of nitro benzene ring substituents is 1. The van der Waals surface area contributed by atoms with E-state index in [1.807, 2.05) is 0 Å². The second-order valence-electron chi connectivity index (χ2n) is 3.34. The van der Waals surface area contributed by atoms with Gasteiger partial charge in [-0.15, -0.1) is 0 Å². The van der Waals surface area contributed by atoms with Crippen LogP contribution in [-0.2, 0) is 4.79 Å². The van der Waals surface area contributed by atoms with Crippen molar-refractivity contribution in [2.45, 2.75) is 19.8 Å². The third kappa shape index (κ3) is 3.20. The number of halogens is 2. The Bertz CT molecular complexity index is 463. The standard InChI is InChI=1S/C10H10F2N2O3/c1-2-3-10(15)13-8-4-7(12)9(14(16)17)5-6(8)11/h4-5H,2-3H2,1H3,(H,13,15). The molecule has 1 rings (SSSR count). The van der Waals surface area contributed by atoms with Gasteiger partial charge in [0.05, 0.1) is 16.7 Å². The third-order valence-electron chi connectivity index (χ3n) is 1.98. The molecule has 0 aliphatic heterocycles. The smallest absolute Gasteiger partial charge is 0.307 e. The lowest BCUT2D eigenvalue weighted by Crippen LogP contribution is -2.12. The summed E-state index contributed by atoms with van der Waals surface area (Å²) in [6.07, 6.45) is 0.723. The molecule has 0 heterocycles. The molecule has 1 aromatic carbocycles. The number of nitrogens with zero attached hydrogens (tertiary/aromatic N) is 1. The fourth-order valence-electron chi connectivity index (χ4n) is 1.21. The number of carbonyl (C=O) groups excluding carboxylic acids is 1. The summed E-state index contributed by atoms with van der Waals surface area (Å²) in [7, 11) is 0. The molecule has 0 spiro atoms. The van der Waals surface area contributed by atoms with Crippen molar-refractivity contribution in [3.63, 3.8) is 0 Å². The number of nitro groups is 1. The number of hydrogen-bond acceptors (Lipinski definition) is 3. The van der Waals surface area contributed by atoms with Crippen LogP contribution in [0, 0.1) is 21.7 Å². The lowest BCUT2D eigenvalue weighted by Gasteiger charge is -2.05. The van der Waals surface area contributed by atoms with Crippen molar-refractivity contribution in [1.82, 2.24) is 0 Å². The number of nitrogens with one attached hydrogen (secondary N) is 1. The van der Waals surface area contributed by atoms with Gasteiger partial charge in [-0.2, -0.15) is 4.39 Å². The average Bonchev–Trinajstić information content (AvgIpc) is 2.22. The molecule has 1 amide bonds. The van der Waals surface area contributed by atoms with Gasteiger partial charge in [-0.05, 0) is 6.42 Å². The van der Waals surface area contributed by atoms with Crippen LogP contribution in [0.2, 0.25) is 0 Å².